The number of nitrogens with zero attached hydrogens (tertiary/aromatic N) is 1. The number of hydrogen-bond donors (Lipinski definition) is 1. The third-order valence-electron chi connectivity index (χ3n) is 3.01. The molecule has 108 valence electrons. The summed E-state index contributed by atoms with van der Waals surface area (Å²) in [6.07, 6.45) is 0.474. The van der Waals surface area contributed by atoms with Gasteiger partial charge in [-0.05, 0) is 25.4 Å². The van der Waals surface area contributed by atoms with E-state index in [1.807, 2.05) is 13.8 Å². The number of rotatable bonds is 5. The van der Waals surface area contributed by atoms with Gasteiger partial charge in [-0.25, -0.2) is 13.1 Å². The Bertz CT molecular complexity index is 537. The SMILES string of the molecule is COc1cc(CNS(=O)(=O)C2COC(C)(C)C2)on1. The fourth-order valence-electron chi connectivity index (χ4n) is 1.95. The molecule has 0 amide bonds. The molecule has 0 aliphatic carbocycles. The fraction of sp³-hybridized carbons (Fsp3) is 0.727. The van der Waals surface area contributed by atoms with Crippen LogP contribution in [0.3, 0.4) is 0 Å². The van der Waals surface area contributed by atoms with Crippen molar-refractivity contribution in [2.75, 3.05) is 13.7 Å². The van der Waals surface area contributed by atoms with Gasteiger partial charge in [-0.2, -0.15) is 0 Å². The normalized spacial score (nSPS) is 22.6. The highest BCUT2D eigenvalue weighted by Gasteiger charge is 2.39. The molecule has 1 fully saturated rings. The molecular weight excluding hydrogens is 272 g/mol. The molecule has 2 rings (SSSR count). The van der Waals surface area contributed by atoms with Gasteiger partial charge in [0.25, 0.3) is 5.88 Å². The summed E-state index contributed by atoms with van der Waals surface area (Å²) in [6.45, 7) is 4.02. The van der Waals surface area contributed by atoms with Crippen LogP contribution in [0.15, 0.2) is 10.6 Å². The first-order valence-corrected chi connectivity index (χ1v) is 7.49. The second kappa shape index (κ2) is 5.10. The summed E-state index contributed by atoms with van der Waals surface area (Å²) in [5, 5.41) is 3.06. The van der Waals surface area contributed by atoms with Crippen molar-refractivity contribution in [2.45, 2.75) is 37.7 Å². The lowest BCUT2D eigenvalue weighted by atomic mass is 10.1. The molecule has 19 heavy (non-hydrogen) atoms. The summed E-state index contributed by atoms with van der Waals surface area (Å²) >= 11 is 0. The van der Waals surface area contributed by atoms with Gasteiger partial charge in [-0.1, -0.05) is 0 Å². The molecule has 8 heteroatoms. The molecule has 1 saturated heterocycles. The largest absolute Gasteiger partial charge is 0.479 e. The third kappa shape index (κ3) is 3.46. The molecule has 2 heterocycles. The number of sulfonamides is 1. The zero-order valence-electron chi connectivity index (χ0n) is 11.2. The van der Waals surface area contributed by atoms with E-state index in [4.69, 9.17) is 14.0 Å². The summed E-state index contributed by atoms with van der Waals surface area (Å²) in [4.78, 5) is 0. The Balaban J connectivity index is 1.95. The van der Waals surface area contributed by atoms with Crippen LogP contribution in [0.5, 0.6) is 5.88 Å². The molecule has 0 spiro atoms. The van der Waals surface area contributed by atoms with Crippen molar-refractivity contribution in [1.29, 1.82) is 0 Å². The van der Waals surface area contributed by atoms with Gasteiger partial charge < -0.3 is 14.0 Å². The van der Waals surface area contributed by atoms with Gasteiger partial charge in [-0.3, -0.25) is 0 Å². The van der Waals surface area contributed by atoms with Gasteiger partial charge in [0.15, 0.2) is 5.76 Å². The van der Waals surface area contributed by atoms with E-state index in [2.05, 4.69) is 9.88 Å². The Kier molecular flexibility index (Phi) is 3.84. The summed E-state index contributed by atoms with van der Waals surface area (Å²) in [5.74, 6) is 0.720. The van der Waals surface area contributed by atoms with E-state index in [9.17, 15) is 8.42 Å². The Morgan fingerprint density at radius 1 is 1.58 bits per heavy atom. The van der Waals surface area contributed by atoms with Crippen LogP contribution in [0.4, 0.5) is 0 Å². The van der Waals surface area contributed by atoms with E-state index >= 15 is 0 Å². The monoisotopic (exact) mass is 290 g/mol. The van der Waals surface area contributed by atoms with Crippen LogP contribution in [0.1, 0.15) is 26.0 Å². The molecule has 1 aromatic heterocycles. The lowest BCUT2D eigenvalue weighted by molar-refractivity contribution is 0.0367. The lowest BCUT2D eigenvalue weighted by Gasteiger charge is -2.15. The number of methoxy groups -OCH3 is 1. The van der Waals surface area contributed by atoms with E-state index in [1.54, 1.807) is 0 Å². The standard InChI is InChI=1S/C11H18N2O5S/c1-11(2)5-9(7-17-11)19(14,15)12-6-8-4-10(16-3)13-18-8/h4,9,12H,5-7H2,1-3H3. The topological polar surface area (TPSA) is 90.7 Å². The first kappa shape index (κ1) is 14.3. The molecule has 0 aromatic carbocycles. The van der Waals surface area contributed by atoms with Crippen LogP contribution >= 0.6 is 0 Å². The van der Waals surface area contributed by atoms with E-state index in [1.165, 1.54) is 13.2 Å². The van der Waals surface area contributed by atoms with Crippen LogP contribution in [0.25, 0.3) is 0 Å². The molecule has 1 aliphatic heterocycles. The zero-order chi connectivity index (χ0) is 14.1. The van der Waals surface area contributed by atoms with Crippen LogP contribution in [-0.2, 0) is 21.3 Å². The average molecular weight is 290 g/mol. The highest BCUT2D eigenvalue weighted by Crippen LogP contribution is 2.28. The first-order valence-electron chi connectivity index (χ1n) is 5.94. The van der Waals surface area contributed by atoms with Crippen molar-refractivity contribution < 1.29 is 22.4 Å². The zero-order valence-corrected chi connectivity index (χ0v) is 12.0. The molecule has 7 nitrogen and oxygen atoms in total. The van der Waals surface area contributed by atoms with Crippen LogP contribution in [-0.4, -0.2) is 38.1 Å². The van der Waals surface area contributed by atoms with E-state index < -0.39 is 20.9 Å². The first-order chi connectivity index (χ1) is 8.82. The maximum absolute atomic E-state index is 12.1. The minimum atomic E-state index is -3.43. The highest BCUT2D eigenvalue weighted by molar-refractivity contribution is 7.90. The Labute approximate surface area is 112 Å². The quantitative estimate of drug-likeness (QED) is 0.857. The van der Waals surface area contributed by atoms with Crippen molar-refractivity contribution >= 4 is 10.0 Å². The van der Waals surface area contributed by atoms with Gasteiger partial charge in [-0.15, -0.1) is 0 Å². The van der Waals surface area contributed by atoms with E-state index in [-0.39, 0.29) is 13.2 Å². The van der Waals surface area contributed by atoms with Crippen LogP contribution in [0.2, 0.25) is 0 Å². The van der Waals surface area contributed by atoms with Crippen LogP contribution in [0, 0.1) is 0 Å². The molecular formula is C11H18N2O5S. The van der Waals surface area contributed by atoms with Crippen molar-refractivity contribution in [3.05, 3.63) is 11.8 Å². The van der Waals surface area contributed by atoms with E-state index in [0.29, 0.717) is 18.1 Å². The third-order valence-corrected chi connectivity index (χ3v) is 4.74. The molecule has 1 aliphatic rings. The second-order valence-corrected chi connectivity index (χ2v) is 7.14. The van der Waals surface area contributed by atoms with E-state index in [0.717, 1.165) is 0 Å². The number of hydrogen-bond acceptors (Lipinski definition) is 6. The van der Waals surface area contributed by atoms with Gasteiger partial charge in [0.1, 0.15) is 5.25 Å². The van der Waals surface area contributed by atoms with Crippen LogP contribution < -0.4 is 9.46 Å². The molecule has 0 radical (unpaired) electrons. The maximum atomic E-state index is 12.1. The van der Waals surface area contributed by atoms with Crippen molar-refractivity contribution in [2.24, 2.45) is 0 Å². The number of aromatic nitrogens is 1. The summed E-state index contributed by atoms with van der Waals surface area (Å²) in [6, 6.07) is 1.54. The Morgan fingerprint density at radius 2 is 2.32 bits per heavy atom. The molecule has 1 N–H and O–H groups in total. The van der Waals surface area contributed by atoms with Gasteiger partial charge in [0.05, 0.1) is 25.9 Å². The minimum Gasteiger partial charge on any atom is -0.479 e. The molecule has 1 aromatic rings. The number of ether oxygens (including phenoxy) is 2. The highest BCUT2D eigenvalue weighted by atomic mass is 32.2. The molecule has 1 unspecified atom stereocenters. The maximum Gasteiger partial charge on any atom is 0.254 e. The van der Waals surface area contributed by atoms with Crippen molar-refractivity contribution in [3.63, 3.8) is 0 Å². The fourth-order valence-corrected chi connectivity index (χ4v) is 3.39. The summed E-state index contributed by atoms with van der Waals surface area (Å²) in [7, 11) is -1.97. The van der Waals surface area contributed by atoms with Gasteiger partial charge in [0.2, 0.25) is 10.0 Å². The molecule has 0 bridgehead atoms. The Hall–Kier alpha value is -1.12. The van der Waals surface area contributed by atoms with Crippen molar-refractivity contribution in [3.8, 4) is 5.88 Å². The number of nitrogens with one attached hydrogen (secondary N) is 1. The summed E-state index contributed by atoms with van der Waals surface area (Å²) in [5.41, 5.74) is -0.394. The minimum absolute atomic E-state index is 0.0512. The lowest BCUT2D eigenvalue weighted by Crippen LogP contribution is -2.34. The summed E-state index contributed by atoms with van der Waals surface area (Å²) < 4.78 is 41.9. The predicted octanol–water partition coefficient (Wildman–Crippen LogP) is 0.670. The molecule has 1 atom stereocenters. The van der Waals surface area contributed by atoms with Gasteiger partial charge >= 0.3 is 0 Å². The smallest absolute Gasteiger partial charge is 0.254 e. The Morgan fingerprint density at radius 3 is 2.84 bits per heavy atom. The van der Waals surface area contributed by atoms with Gasteiger partial charge in [0, 0.05) is 6.07 Å². The molecule has 0 saturated carbocycles. The second-order valence-electron chi connectivity index (χ2n) is 5.10. The van der Waals surface area contributed by atoms with Crippen molar-refractivity contribution in [1.82, 2.24) is 9.88 Å². The predicted molar refractivity (Wildman–Crippen MR) is 67.3 cm³/mol. The average Bonchev–Trinajstić information content (AvgIpc) is 2.93.